The summed E-state index contributed by atoms with van der Waals surface area (Å²) in [6.07, 6.45) is -2.28. The minimum atomic E-state index is -5.08. The van der Waals surface area contributed by atoms with Gasteiger partial charge in [-0.3, -0.25) is 9.48 Å². The van der Waals surface area contributed by atoms with E-state index in [4.69, 9.17) is 19.4 Å². The number of halogens is 3. The molecule has 2 aromatic rings. The van der Waals surface area contributed by atoms with E-state index >= 15 is 0 Å². The first kappa shape index (κ1) is 25.3. The van der Waals surface area contributed by atoms with Gasteiger partial charge in [0, 0.05) is 24.8 Å². The molecule has 1 amide bonds. The standard InChI is InChI=1S/C20H26N4O3.C2HF3O2/c1-3-22(4-2)10-8-17-13-23(12-16-7-9-21-24(16)17)20(25)15-5-6-18-19(11-15)27-14-26-18;3-2(4,5)1(6)7/h5-7,9,11,17H,3-4,8,10,12-14H2,1-2H3;(H,6,7). The van der Waals surface area contributed by atoms with Crippen molar-refractivity contribution in [3.05, 3.63) is 41.7 Å². The Morgan fingerprint density at radius 3 is 2.50 bits per heavy atom. The van der Waals surface area contributed by atoms with Crippen molar-refractivity contribution in [3.8, 4) is 11.5 Å². The zero-order valence-electron chi connectivity index (χ0n) is 18.9. The Hall–Kier alpha value is -3.28. The average molecular weight is 484 g/mol. The largest absolute Gasteiger partial charge is 0.490 e. The quantitative estimate of drug-likeness (QED) is 0.673. The van der Waals surface area contributed by atoms with Crippen LogP contribution in [0.4, 0.5) is 13.2 Å². The first-order chi connectivity index (χ1) is 16.1. The van der Waals surface area contributed by atoms with Gasteiger partial charge in [-0.25, -0.2) is 4.79 Å². The van der Waals surface area contributed by atoms with Crippen molar-refractivity contribution >= 4 is 11.9 Å². The Morgan fingerprint density at radius 1 is 1.18 bits per heavy atom. The van der Waals surface area contributed by atoms with Crippen LogP contribution in [0, 0.1) is 0 Å². The van der Waals surface area contributed by atoms with Crippen molar-refractivity contribution in [2.24, 2.45) is 0 Å². The molecule has 4 rings (SSSR count). The summed E-state index contributed by atoms with van der Waals surface area (Å²) >= 11 is 0. The molecule has 2 aliphatic rings. The number of fused-ring (bicyclic) bond motifs is 2. The second-order valence-corrected chi connectivity index (χ2v) is 7.79. The number of benzene rings is 1. The Bertz CT molecular complexity index is 1010. The lowest BCUT2D eigenvalue weighted by atomic mass is 10.1. The molecule has 12 heteroatoms. The van der Waals surface area contributed by atoms with Gasteiger partial charge < -0.3 is 24.4 Å². The lowest BCUT2D eigenvalue weighted by Gasteiger charge is -2.35. The third-order valence-electron chi connectivity index (χ3n) is 5.70. The molecule has 1 N–H and O–H groups in total. The molecular weight excluding hydrogens is 457 g/mol. The van der Waals surface area contributed by atoms with Crippen LogP contribution in [0.25, 0.3) is 0 Å². The van der Waals surface area contributed by atoms with Gasteiger partial charge in [-0.15, -0.1) is 0 Å². The van der Waals surface area contributed by atoms with Gasteiger partial charge in [0.25, 0.3) is 5.91 Å². The second-order valence-electron chi connectivity index (χ2n) is 7.79. The number of amides is 1. The Balaban J connectivity index is 0.000000406. The molecule has 0 radical (unpaired) electrons. The van der Waals surface area contributed by atoms with Crippen LogP contribution in [0.1, 0.15) is 42.4 Å². The summed E-state index contributed by atoms with van der Waals surface area (Å²) in [7, 11) is 0. The molecule has 1 atom stereocenters. The van der Waals surface area contributed by atoms with Gasteiger partial charge >= 0.3 is 12.1 Å². The van der Waals surface area contributed by atoms with Crippen molar-refractivity contribution in [2.75, 3.05) is 33.0 Å². The van der Waals surface area contributed by atoms with Gasteiger partial charge in [0.05, 0.1) is 18.3 Å². The van der Waals surface area contributed by atoms with Crippen LogP contribution < -0.4 is 9.47 Å². The number of carboxylic acid groups (broad SMARTS) is 1. The van der Waals surface area contributed by atoms with E-state index in [1.807, 2.05) is 29.3 Å². The van der Waals surface area contributed by atoms with Crippen LogP contribution in [0.3, 0.4) is 0 Å². The summed E-state index contributed by atoms with van der Waals surface area (Å²) in [5, 5.41) is 11.6. The molecule has 3 heterocycles. The summed E-state index contributed by atoms with van der Waals surface area (Å²) in [6, 6.07) is 7.60. The Morgan fingerprint density at radius 2 is 1.85 bits per heavy atom. The van der Waals surface area contributed by atoms with Crippen LogP contribution in [0.15, 0.2) is 30.5 Å². The van der Waals surface area contributed by atoms with Crippen molar-refractivity contribution in [3.63, 3.8) is 0 Å². The van der Waals surface area contributed by atoms with Crippen molar-refractivity contribution in [1.82, 2.24) is 19.6 Å². The third kappa shape index (κ3) is 5.99. The van der Waals surface area contributed by atoms with Crippen LogP contribution in [0.2, 0.25) is 0 Å². The Labute approximate surface area is 194 Å². The molecule has 0 saturated heterocycles. The van der Waals surface area contributed by atoms with Gasteiger partial charge in [0.1, 0.15) is 0 Å². The smallest absolute Gasteiger partial charge is 0.475 e. The number of hydrogen-bond acceptors (Lipinski definition) is 6. The molecule has 0 fully saturated rings. The van der Waals surface area contributed by atoms with E-state index < -0.39 is 12.1 Å². The van der Waals surface area contributed by atoms with E-state index in [1.165, 1.54) is 0 Å². The minimum absolute atomic E-state index is 0.0218. The lowest BCUT2D eigenvalue weighted by Crippen LogP contribution is -2.42. The highest BCUT2D eigenvalue weighted by Crippen LogP contribution is 2.33. The Kier molecular flexibility index (Phi) is 8.02. The van der Waals surface area contributed by atoms with E-state index in [-0.39, 0.29) is 18.7 Å². The highest BCUT2D eigenvalue weighted by Gasteiger charge is 2.38. The summed E-state index contributed by atoms with van der Waals surface area (Å²) in [6.45, 7) is 8.90. The number of alkyl halides is 3. The zero-order chi connectivity index (χ0) is 24.9. The van der Waals surface area contributed by atoms with Crippen molar-refractivity contribution in [2.45, 2.75) is 39.0 Å². The minimum Gasteiger partial charge on any atom is -0.475 e. The molecule has 0 bridgehead atoms. The van der Waals surface area contributed by atoms with Crippen LogP contribution >= 0.6 is 0 Å². The molecule has 1 unspecified atom stereocenters. The van der Waals surface area contributed by atoms with Gasteiger partial charge in [-0.05, 0) is 43.8 Å². The number of hydrogen-bond donors (Lipinski definition) is 1. The highest BCUT2D eigenvalue weighted by atomic mass is 19.4. The van der Waals surface area contributed by atoms with E-state index in [1.54, 1.807) is 6.07 Å². The number of aromatic nitrogens is 2. The molecule has 2 aliphatic heterocycles. The predicted molar refractivity (Wildman–Crippen MR) is 115 cm³/mol. The number of carbonyl (C=O) groups is 2. The lowest BCUT2D eigenvalue weighted by molar-refractivity contribution is -0.192. The maximum Gasteiger partial charge on any atom is 0.490 e. The summed E-state index contributed by atoms with van der Waals surface area (Å²) in [5.41, 5.74) is 1.72. The normalized spacial score (nSPS) is 16.6. The summed E-state index contributed by atoms with van der Waals surface area (Å²) < 4.78 is 44.6. The van der Waals surface area contributed by atoms with Crippen molar-refractivity contribution < 1.29 is 37.3 Å². The van der Waals surface area contributed by atoms with Gasteiger partial charge in [-0.2, -0.15) is 18.3 Å². The number of carboxylic acids is 1. The van der Waals surface area contributed by atoms with Crippen LogP contribution in [0.5, 0.6) is 11.5 Å². The fourth-order valence-corrected chi connectivity index (χ4v) is 3.84. The van der Waals surface area contributed by atoms with Crippen LogP contribution in [-0.4, -0.2) is 75.7 Å². The van der Waals surface area contributed by atoms with Gasteiger partial charge in [0.15, 0.2) is 11.5 Å². The molecule has 0 aliphatic carbocycles. The zero-order valence-corrected chi connectivity index (χ0v) is 18.9. The number of nitrogens with zero attached hydrogens (tertiary/aromatic N) is 4. The summed E-state index contributed by atoms with van der Waals surface area (Å²) in [4.78, 5) is 26.3. The van der Waals surface area contributed by atoms with Crippen LogP contribution in [-0.2, 0) is 11.3 Å². The number of ether oxygens (including phenoxy) is 2. The molecule has 186 valence electrons. The van der Waals surface area contributed by atoms with E-state index in [0.717, 1.165) is 31.7 Å². The first-order valence-electron chi connectivity index (χ1n) is 10.9. The molecular formula is C22H27F3N4O5. The molecule has 34 heavy (non-hydrogen) atoms. The first-order valence-corrected chi connectivity index (χ1v) is 10.9. The molecule has 1 aromatic heterocycles. The highest BCUT2D eigenvalue weighted by molar-refractivity contribution is 5.95. The van der Waals surface area contributed by atoms with E-state index in [0.29, 0.717) is 30.2 Å². The molecule has 0 spiro atoms. The number of rotatable bonds is 6. The SMILES string of the molecule is CCN(CC)CCC1CN(C(=O)c2ccc3c(c2)OCO3)Cc2ccnn21.O=C(O)C(F)(F)F. The molecule has 0 saturated carbocycles. The van der Waals surface area contributed by atoms with E-state index in [9.17, 15) is 18.0 Å². The number of aliphatic carboxylic acids is 1. The average Bonchev–Trinajstić information content (AvgIpc) is 3.47. The predicted octanol–water partition coefficient (Wildman–Crippen LogP) is 3.17. The van der Waals surface area contributed by atoms with Crippen molar-refractivity contribution in [1.29, 1.82) is 0 Å². The van der Waals surface area contributed by atoms with Gasteiger partial charge in [-0.1, -0.05) is 13.8 Å². The third-order valence-corrected chi connectivity index (χ3v) is 5.70. The molecule has 9 nitrogen and oxygen atoms in total. The van der Waals surface area contributed by atoms with Gasteiger partial charge in [0.2, 0.25) is 6.79 Å². The maximum atomic E-state index is 13.1. The molecule has 1 aromatic carbocycles. The fourth-order valence-electron chi connectivity index (χ4n) is 3.84. The monoisotopic (exact) mass is 484 g/mol. The summed E-state index contributed by atoms with van der Waals surface area (Å²) in [5.74, 6) is -1.40. The van der Waals surface area contributed by atoms with E-state index in [2.05, 4.69) is 28.5 Å². The second kappa shape index (κ2) is 10.8. The number of carbonyl (C=O) groups excluding carboxylic acids is 1. The fraction of sp³-hybridized carbons (Fsp3) is 0.500. The maximum absolute atomic E-state index is 13.1. The topological polar surface area (TPSA) is 97.1 Å².